The van der Waals surface area contributed by atoms with Crippen molar-refractivity contribution in [3.63, 3.8) is 0 Å². The van der Waals surface area contributed by atoms with Gasteiger partial charge in [0.2, 0.25) is 5.91 Å². The van der Waals surface area contributed by atoms with Crippen molar-refractivity contribution < 1.29 is 14.0 Å². The number of hydrogen-bond donors (Lipinski definition) is 0. The molecule has 2 aromatic carbocycles. The van der Waals surface area contributed by atoms with Crippen LogP contribution in [-0.2, 0) is 17.9 Å². The topological polar surface area (TPSA) is 40.6 Å². The number of hydrogen-bond acceptors (Lipinski definition) is 3. The summed E-state index contributed by atoms with van der Waals surface area (Å²) in [6.45, 7) is 6.49. The Labute approximate surface area is 197 Å². The lowest BCUT2D eigenvalue weighted by Crippen LogP contribution is -2.45. The quantitative estimate of drug-likeness (QED) is 0.407. The zero-order chi connectivity index (χ0) is 23.3. The number of halogens is 2. The number of aryl methyl sites for hydroxylation is 1. The van der Waals surface area contributed by atoms with Crippen LogP contribution in [-0.4, -0.2) is 34.2 Å². The van der Waals surface area contributed by atoms with Gasteiger partial charge < -0.3 is 9.80 Å². The Bertz CT molecular complexity index is 1060. The number of thiophene rings is 1. The van der Waals surface area contributed by atoms with E-state index in [1.54, 1.807) is 57.5 Å². The van der Waals surface area contributed by atoms with Crippen LogP contribution >= 0.6 is 22.9 Å². The Morgan fingerprint density at radius 2 is 1.66 bits per heavy atom. The van der Waals surface area contributed by atoms with Gasteiger partial charge >= 0.3 is 0 Å². The molecule has 7 heteroatoms. The first kappa shape index (κ1) is 24.0. The molecule has 0 unspecified atom stereocenters. The van der Waals surface area contributed by atoms with Crippen LogP contribution in [0.1, 0.15) is 40.2 Å². The molecule has 4 nitrogen and oxygen atoms in total. The van der Waals surface area contributed by atoms with Gasteiger partial charge in [-0.3, -0.25) is 9.59 Å². The standard InChI is InChI=1S/C25H26ClFN2O2S/c1-17(2)29(25(31)20-6-8-21(26)9-7-20)16-24(30)28(15-23-18(3)12-13-32-23)14-19-4-10-22(27)11-5-19/h4-13,17H,14-16H2,1-3H3. The molecule has 0 spiro atoms. The van der Waals surface area contributed by atoms with Crippen molar-refractivity contribution >= 4 is 34.8 Å². The van der Waals surface area contributed by atoms with Crippen molar-refractivity contribution in [3.05, 3.63) is 92.4 Å². The summed E-state index contributed by atoms with van der Waals surface area (Å²) < 4.78 is 13.3. The smallest absolute Gasteiger partial charge is 0.254 e. The molecule has 0 radical (unpaired) electrons. The first-order chi connectivity index (χ1) is 15.2. The second-order valence-corrected chi connectivity index (χ2v) is 9.37. The minimum atomic E-state index is -0.319. The van der Waals surface area contributed by atoms with Crippen LogP contribution in [0.15, 0.2) is 60.0 Å². The summed E-state index contributed by atoms with van der Waals surface area (Å²) >= 11 is 7.53. The highest BCUT2D eigenvalue weighted by Gasteiger charge is 2.25. The van der Waals surface area contributed by atoms with Gasteiger partial charge in [-0.1, -0.05) is 23.7 Å². The maximum absolute atomic E-state index is 13.4. The lowest BCUT2D eigenvalue weighted by molar-refractivity contribution is -0.133. The van der Waals surface area contributed by atoms with E-state index in [1.807, 2.05) is 32.2 Å². The van der Waals surface area contributed by atoms with Crippen LogP contribution in [0.25, 0.3) is 0 Å². The van der Waals surface area contributed by atoms with E-state index in [2.05, 4.69) is 0 Å². The van der Waals surface area contributed by atoms with Crippen molar-refractivity contribution in [2.24, 2.45) is 0 Å². The first-order valence-corrected chi connectivity index (χ1v) is 11.6. The number of carbonyl (C=O) groups excluding carboxylic acids is 2. The molecule has 0 saturated heterocycles. The van der Waals surface area contributed by atoms with Crippen molar-refractivity contribution in [1.29, 1.82) is 0 Å². The maximum Gasteiger partial charge on any atom is 0.254 e. The highest BCUT2D eigenvalue weighted by molar-refractivity contribution is 7.10. The van der Waals surface area contributed by atoms with E-state index in [1.165, 1.54) is 12.1 Å². The maximum atomic E-state index is 13.4. The predicted molar refractivity (Wildman–Crippen MR) is 127 cm³/mol. The number of carbonyl (C=O) groups is 2. The Kier molecular flexibility index (Phi) is 8.04. The zero-order valence-corrected chi connectivity index (χ0v) is 19.9. The summed E-state index contributed by atoms with van der Waals surface area (Å²) in [5.74, 6) is -0.711. The van der Waals surface area contributed by atoms with E-state index in [9.17, 15) is 14.0 Å². The molecule has 1 heterocycles. The summed E-state index contributed by atoms with van der Waals surface area (Å²) in [4.78, 5) is 30.9. The molecule has 3 rings (SSSR count). The van der Waals surface area contributed by atoms with Crippen LogP contribution in [0.5, 0.6) is 0 Å². The normalized spacial score (nSPS) is 10.9. The fraction of sp³-hybridized carbons (Fsp3) is 0.280. The van der Waals surface area contributed by atoms with Gasteiger partial charge in [-0.05, 0) is 79.7 Å². The fourth-order valence-corrected chi connectivity index (χ4v) is 4.32. The van der Waals surface area contributed by atoms with E-state index in [0.29, 0.717) is 23.7 Å². The number of benzene rings is 2. The summed E-state index contributed by atoms with van der Waals surface area (Å²) in [7, 11) is 0. The summed E-state index contributed by atoms with van der Waals surface area (Å²) in [6.07, 6.45) is 0. The van der Waals surface area contributed by atoms with E-state index >= 15 is 0 Å². The molecule has 2 amide bonds. The van der Waals surface area contributed by atoms with Gasteiger partial charge in [-0.25, -0.2) is 4.39 Å². The molecule has 1 aromatic heterocycles. The minimum Gasteiger partial charge on any atom is -0.332 e. The molecule has 0 bridgehead atoms. The third kappa shape index (κ3) is 6.17. The molecule has 3 aromatic rings. The molecule has 0 saturated carbocycles. The third-order valence-corrected chi connectivity index (χ3v) is 6.48. The molecule has 168 valence electrons. The second kappa shape index (κ2) is 10.7. The summed E-state index contributed by atoms with van der Waals surface area (Å²) in [5, 5.41) is 2.54. The number of nitrogens with zero attached hydrogens (tertiary/aromatic N) is 2. The van der Waals surface area contributed by atoms with Crippen LogP contribution in [0.4, 0.5) is 4.39 Å². The SMILES string of the molecule is Cc1ccsc1CN(Cc1ccc(F)cc1)C(=O)CN(C(=O)c1ccc(Cl)cc1)C(C)C. The summed E-state index contributed by atoms with van der Waals surface area (Å²) in [5.41, 5.74) is 2.43. The zero-order valence-electron chi connectivity index (χ0n) is 18.3. The highest BCUT2D eigenvalue weighted by Crippen LogP contribution is 2.20. The van der Waals surface area contributed by atoms with E-state index in [-0.39, 0.29) is 30.2 Å². The van der Waals surface area contributed by atoms with E-state index in [0.717, 1.165) is 16.0 Å². The lowest BCUT2D eigenvalue weighted by atomic mass is 10.1. The molecule has 0 fully saturated rings. The average molecular weight is 473 g/mol. The van der Waals surface area contributed by atoms with Gasteiger partial charge in [0.15, 0.2) is 0 Å². The summed E-state index contributed by atoms with van der Waals surface area (Å²) in [6, 6.07) is 14.6. The molecule has 0 aliphatic rings. The first-order valence-electron chi connectivity index (χ1n) is 10.4. The van der Waals surface area contributed by atoms with Crippen molar-refractivity contribution in [2.45, 2.75) is 39.9 Å². The minimum absolute atomic E-state index is 0.0508. The molecule has 0 N–H and O–H groups in total. The highest BCUT2D eigenvalue weighted by atomic mass is 35.5. The monoisotopic (exact) mass is 472 g/mol. The Hall–Kier alpha value is -2.70. The van der Waals surface area contributed by atoms with Crippen molar-refractivity contribution in [1.82, 2.24) is 9.80 Å². The molecule has 0 aliphatic heterocycles. The largest absolute Gasteiger partial charge is 0.332 e. The molecule has 0 aliphatic carbocycles. The van der Waals surface area contributed by atoms with Gasteiger partial charge in [0, 0.05) is 28.0 Å². The number of rotatable bonds is 8. The molecule has 32 heavy (non-hydrogen) atoms. The number of amides is 2. The fourth-order valence-electron chi connectivity index (χ4n) is 3.27. The predicted octanol–water partition coefficient (Wildman–Crippen LogP) is 5.93. The molecule has 0 atom stereocenters. The van der Waals surface area contributed by atoms with Crippen LogP contribution in [0.2, 0.25) is 5.02 Å². The van der Waals surface area contributed by atoms with E-state index in [4.69, 9.17) is 11.6 Å². The van der Waals surface area contributed by atoms with Crippen LogP contribution in [0, 0.1) is 12.7 Å². The Morgan fingerprint density at radius 1 is 1.00 bits per heavy atom. The Morgan fingerprint density at radius 3 is 2.22 bits per heavy atom. The van der Waals surface area contributed by atoms with Crippen molar-refractivity contribution in [2.75, 3.05) is 6.54 Å². The van der Waals surface area contributed by atoms with Crippen LogP contribution < -0.4 is 0 Å². The van der Waals surface area contributed by atoms with Gasteiger partial charge in [0.25, 0.3) is 5.91 Å². The Balaban J connectivity index is 1.82. The van der Waals surface area contributed by atoms with Gasteiger partial charge in [0.1, 0.15) is 12.4 Å². The molecular weight excluding hydrogens is 447 g/mol. The average Bonchev–Trinajstić information content (AvgIpc) is 3.17. The van der Waals surface area contributed by atoms with E-state index < -0.39 is 0 Å². The van der Waals surface area contributed by atoms with Crippen LogP contribution in [0.3, 0.4) is 0 Å². The van der Waals surface area contributed by atoms with Gasteiger partial charge in [-0.15, -0.1) is 11.3 Å². The third-order valence-electron chi connectivity index (χ3n) is 5.22. The second-order valence-electron chi connectivity index (χ2n) is 7.94. The van der Waals surface area contributed by atoms with Crippen molar-refractivity contribution in [3.8, 4) is 0 Å². The van der Waals surface area contributed by atoms with Gasteiger partial charge in [0.05, 0.1) is 6.54 Å². The lowest BCUT2D eigenvalue weighted by Gasteiger charge is -2.30. The van der Waals surface area contributed by atoms with Gasteiger partial charge in [-0.2, -0.15) is 0 Å². The molecular formula is C25H26ClFN2O2S.